The Labute approximate surface area is 192 Å². The molecule has 0 bridgehead atoms. The number of hydrogen-bond donors (Lipinski definition) is 0. The smallest absolute Gasteiger partial charge is 0.303 e. The molecule has 0 amide bonds. The molecule has 0 N–H and O–H groups in total. The van der Waals surface area contributed by atoms with Gasteiger partial charge in [-0.1, -0.05) is 71.8 Å². The molecule has 0 heterocycles. The minimum atomic E-state index is -3.82. The third kappa shape index (κ3) is 7.65. The summed E-state index contributed by atoms with van der Waals surface area (Å²) in [5, 5.41) is -1.03. The summed E-state index contributed by atoms with van der Waals surface area (Å²) in [4.78, 5) is 12.1. The normalized spacial score (nSPS) is 14.2. The summed E-state index contributed by atoms with van der Waals surface area (Å²) in [6.45, 7) is 8.98. The summed E-state index contributed by atoms with van der Waals surface area (Å²) in [5.41, 5.74) is 2.64. The topological polar surface area (TPSA) is 60.4 Å². The van der Waals surface area contributed by atoms with E-state index in [-0.39, 0.29) is 4.90 Å². The van der Waals surface area contributed by atoms with Gasteiger partial charge in [0.25, 0.3) is 0 Å². The number of ether oxygens (including phenoxy) is 1. The lowest BCUT2D eigenvalue weighted by Gasteiger charge is -2.26. The van der Waals surface area contributed by atoms with E-state index in [9.17, 15) is 13.2 Å². The van der Waals surface area contributed by atoms with Gasteiger partial charge in [-0.15, -0.1) is 6.58 Å². The van der Waals surface area contributed by atoms with E-state index in [1.807, 2.05) is 43.3 Å². The van der Waals surface area contributed by atoms with Crippen LogP contribution in [-0.2, 0) is 19.4 Å². The number of carbonyl (C=O) groups is 1. The SMILES string of the molecule is C=C(C)CCC/C=C(\C)C(C(/C=C/c1ccccc1)OC(C)=O)S(=O)(=O)c1ccccc1. The first kappa shape index (κ1) is 25.3. The standard InChI is InChI=1S/C27H32O4S/c1-21(2)13-11-12-14-22(3)27(32(29,30)25-17-9-6-10-18-25)26(31-23(4)28)20-19-24-15-7-5-8-16-24/h5-10,14-20,26-27H,1,11-13H2,2-4H3/b20-19+,22-14+. The van der Waals surface area contributed by atoms with E-state index in [0.29, 0.717) is 12.0 Å². The van der Waals surface area contributed by atoms with E-state index in [1.165, 1.54) is 6.92 Å². The van der Waals surface area contributed by atoms with Crippen LogP contribution in [0, 0.1) is 0 Å². The molecule has 32 heavy (non-hydrogen) atoms. The fraction of sp³-hybridized carbons (Fsp3) is 0.296. The summed E-state index contributed by atoms with van der Waals surface area (Å²) in [7, 11) is -3.82. The molecule has 0 radical (unpaired) electrons. The third-order valence-electron chi connectivity index (χ3n) is 5.01. The van der Waals surface area contributed by atoms with Crippen molar-refractivity contribution in [1.82, 2.24) is 0 Å². The van der Waals surface area contributed by atoms with Gasteiger partial charge < -0.3 is 4.74 Å². The molecular formula is C27H32O4S. The Balaban J connectivity index is 2.49. The number of unbranched alkanes of at least 4 members (excludes halogenated alkanes) is 1. The third-order valence-corrected chi connectivity index (χ3v) is 7.25. The van der Waals surface area contributed by atoms with Crippen LogP contribution in [0.15, 0.2) is 95.4 Å². The number of rotatable bonds is 11. The van der Waals surface area contributed by atoms with Crippen molar-refractivity contribution in [2.75, 3.05) is 0 Å². The molecule has 0 aliphatic rings. The highest BCUT2D eigenvalue weighted by atomic mass is 32.2. The second kappa shape index (κ2) is 12.2. The lowest BCUT2D eigenvalue weighted by atomic mass is 10.0. The zero-order chi connectivity index (χ0) is 23.6. The number of allylic oxidation sites excluding steroid dienone is 2. The van der Waals surface area contributed by atoms with Crippen LogP contribution in [0.2, 0.25) is 0 Å². The molecular weight excluding hydrogens is 420 g/mol. The molecule has 0 spiro atoms. The molecule has 0 fully saturated rings. The first-order valence-corrected chi connectivity index (χ1v) is 12.3. The first-order chi connectivity index (χ1) is 15.2. The first-order valence-electron chi connectivity index (χ1n) is 10.7. The van der Waals surface area contributed by atoms with Crippen LogP contribution in [0.3, 0.4) is 0 Å². The number of carbonyl (C=O) groups excluding carboxylic acids is 1. The average Bonchev–Trinajstić information content (AvgIpc) is 2.76. The summed E-state index contributed by atoms with van der Waals surface area (Å²) in [6.07, 6.45) is 6.89. The quantitative estimate of drug-likeness (QED) is 0.232. The molecule has 2 unspecified atom stereocenters. The van der Waals surface area contributed by atoms with Crippen molar-refractivity contribution in [3.63, 3.8) is 0 Å². The lowest BCUT2D eigenvalue weighted by Crippen LogP contribution is -2.37. The maximum Gasteiger partial charge on any atom is 0.303 e. The Kier molecular flexibility index (Phi) is 9.66. The Morgan fingerprint density at radius 3 is 2.16 bits per heavy atom. The van der Waals surface area contributed by atoms with Gasteiger partial charge in [0.15, 0.2) is 9.84 Å². The lowest BCUT2D eigenvalue weighted by molar-refractivity contribution is -0.143. The summed E-state index contributed by atoms with van der Waals surface area (Å²) < 4.78 is 32.9. The molecule has 2 rings (SSSR count). The molecule has 5 heteroatoms. The van der Waals surface area contributed by atoms with Crippen LogP contribution in [-0.4, -0.2) is 25.7 Å². The van der Waals surface area contributed by atoms with Crippen LogP contribution < -0.4 is 0 Å². The van der Waals surface area contributed by atoms with Crippen molar-refractivity contribution in [3.05, 3.63) is 96.1 Å². The second-order valence-corrected chi connectivity index (χ2v) is 9.99. The van der Waals surface area contributed by atoms with Crippen molar-refractivity contribution in [3.8, 4) is 0 Å². The highest BCUT2D eigenvalue weighted by Crippen LogP contribution is 2.28. The van der Waals surface area contributed by atoms with Gasteiger partial charge >= 0.3 is 5.97 Å². The molecule has 4 nitrogen and oxygen atoms in total. The van der Waals surface area contributed by atoms with Crippen LogP contribution >= 0.6 is 0 Å². The van der Waals surface area contributed by atoms with Crippen molar-refractivity contribution < 1.29 is 17.9 Å². The Morgan fingerprint density at radius 2 is 1.59 bits per heavy atom. The second-order valence-electron chi connectivity index (χ2n) is 7.92. The van der Waals surface area contributed by atoms with E-state index in [1.54, 1.807) is 49.4 Å². The van der Waals surface area contributed by atoms with Crippen molar-refractivity contribution >= 4 is 21.9 Å². The highest BCUT2D eigenvalue weighted by molar-refractivity contribution is 7.92. The van der Waals surface area contributed by atoms with E-state index in [2.05, 4.69) is 6.58 Å². The number of esters is 1. The highest BCUT2D eigenvalue weighted by Gasteiger charge is 2.36. The van der Waals surface area contributed by atoms with E-state index in [4.69, 9.17) is 4.74 Å². The molecule has 170 valence electrons. The minimum Gasteiger partial charge on any atom is -0.457 e. The number of sulfone groups is 1. The van der Waals surface area contributed by atoms with Crippen LogP contribution in [0.25, 0.3) is 6.08 Å². The average molecular weight is 453 g/mol. The van der Waals surface area contributed by atoms with Crippen LogP contribution in [0.1, 0.15) is 45.6 Å². The van der Waals surface area contributed by atoms with Crippen molar-refractivity contribution in [1.29, 1.82) is 0 Å². The van der Waals surface area contributed by atoms with Gasteiger partial charge in [-0.3, -0.25) is 4.79 Å². The fourth-order valence-corrected chi connectivity index (χ4v) is 5.37. The number of hydrogen-bond acceptors (Lipinski definition) is 4. The fourth-order valence-electron chi connectivity index (χ4n) is 3.45. The van der Waals surface area contributed by atoms with E-state index in [0.717, 1.165) is 24.0 Å². The van der Waals surface area contributed by atoms with Gasteiger partial charge in [0.2, 0.25) is 0 Å². The van der Waals surface area contributed by atoms with Crippen molar-refractivity contribution in [2.24, 2.45) is 0 Å². The van der Waals surface area contributed by atoms with Crippen molar-refractivity contribution in [2.45, 2.75) is 56.3 Å². The van der Waals surface area contributed by atoms with E-state index < -0.39 is 27.2 Å². The molecule has 2 atom stereocenters. The van der Waals surface area contributed by atoms with Gasteiger partial charge in [-0.05, 0) is 56.9 Å². The molecule has 2 aromatic carbocycles. The molecule has 0 aliphatic carbocycles. The van der Waals surface area contributed by atoms with Gasteiger partial charge in [-0.2, -0.15) is 0 Å². The van der Waals surface area contributed by atoms with Crippen LogP contribution in [0.4, 0.5) is 0 Å². The molecule has 0 saturated carbocycles. The molecule has 0 aliphatic heterocycles. The maximum atomic E-state index is 13.7. The zero-order valence-electron chi connectivity index (χ0n) is 19.0. The monoisotopic (exact) mass is 452 g/mol. The number of benzene rings is 2. The van der Waals surface area contributed by atoms with E-state index >= 15 is 0 Å². The predicted octanol–water partition coefficient (Wildman–Crippen LogP) is 6.17. The predicted molar refractivity (Wildman–Crippen MR) is 131 cm³/mol. The summed E-state index contributed by atoms with van der Waals surface area (Å²) in [5.74, 6) is -0.531. The largest absolute Gasteiger partial charge is 0.457 e. The van der Waals surface area contributed by atoms with Gasteiger partial charge in [0.1, 0.15) is 11.4 Å². The maximum absolute atomic E-state index is 13.7. The minimum absolute atomic E-state index is 0.199. The van der Waals surface area contributed by atoms with Gasteiger partial charge in [0, 0.05) is 6.92 Å². The van der Waals surface area contributed by atoms with Gasteiger partial charge in [0.05, 0.1) is 4.90 Å². The molecule has 2 aromatic rings. The Hall–Kier alpha value is -2.92. The molecule has 0 saturated heterocycles. The van der Waals surface area contributed by atoms with Gasteiger partial charge in [-0.25, -0.2) is 8.42 Å². The van der Waals surface area contributed by atoms with Crippen LogP contribution in [0.5, 0.6) is 0 Å². The summed E-state index contributed by atoms with van der Waals surface area (Å²) in [6, 6.07) is 17.8. The zero-order valence-corrected chi connectivity index (χ0v) is 19.8. The molecule has 0 aromatic heterocycles. The summed E-state index contributed by atoms with van der Waals surface area (Å²) >= 11 is 0. The Morgan fingerprint density at radius 1 is 1.00 bits per heavy atom. The Bertz CT molecular complexity index is 1050.